The van der Waals surface area contributed by atoms with Crippen molar-refractivity contribution in [2.75, 3.05) is 0 Å². The zero-order chi connectivity index (χ0) is 18.9. The number of esters is 1. The van der Waals surface area contributed by atoms with Crippen LogP contribution in [0.25, 0.3) is 0 Å². The van der Waals surface area contributed by atoms with Crippen LogP contribution in [0.4, 0.5) is 0 Å². The second-order valence-corrected chi connectivity index (χ2v) is 14.2. The van der Waals surface area contributed by atoms with Gasteiger partial charge in [-0.3, -0.25) is 4.79 Å². The highest BCUT2D eigenvalue weighted by atomic mass is 32.2. The van der Waals surface area contributed by atoms with E-state index in [0.717, 1.165) is 0 Å². The summed E-state index contributed by atoms with van der Waals surface area (Å²) in [5.74, 6) is -0.257. The van der Waals surface area contributed by atoms with Gasteiger partial charge in [-0.1, -0.05) is 50.7 Å². The summed E-state index contributed by atoms with van der Waals surface area (Å²) < 4.78 is 12.3. The maximum absolute atomic E-state index is 11.5. The molecule has 2 rings (SSSR count). The maximum atomic E-state index is 11.5. The van der Waals surface area contributed by atoms with Crippen LogP contribution in [0.1, 0.15) is 41.0 Å². The van der Waals surface area contributed by atoms with Crippen molar-refractivity contribution in [3.05, 3.63) is 41.8 Å². The first-order valence-corrected chi connectivity index (χ1v) is 12.5. The third kappa shape index (κ3) is 4.57. The smallest absolute Gasteiger partial charge is 0.303 e. The first kappa shape index (κ1) is 20.3. The maximum Gasteiger partial charge on any atom is 0.303 e. The largest absolute Gasteiger partial charge is 0.456 e. The summed E-state index contributed by atoms with van der Waals surface area (Å²) in [5.41, 5.74) is -1.11. The Kier molecular flexibility index (Phi) is 5.62. The number of benzene rings is 1. The predicted molar refractivity (Wildman–Crippen MR) is 107 cm³/mol. The third-order valence-corrected chi connectivity index (χ3v) is 10.6. The molecule has 5 heteroatoms. The van der Waals surface area contributed by atoms with Crippen LogP contribution in [-0.4, -0.2) is 25.5 Å². The average molecular weight is 379 g/mol. The molecule has 1 aliphatic carbocycles. The van der Waals surface area contributed by atoms with E-state index in [1.165, 1.54) is 11.8 Å². The first-order valence-electron chi connectivity index (χ1n) is 8.70. The van der Waals surface area contributed by atoms with Crippen molar-refractivity contribution in [2.45, 2.75) is 75.3 Å². The molecule has 0 N–H and O–H groups in total. The summed E-state index contributed by atoms with van der Waals surface area (Å²) in [6.07, 6.45) is 2.80. The fraction of sp³-hybridized carbons (Fsp3) is 0.550. The second-order valence-electron chi connectivity index (χ2n) is 8.49. The zero-order valence-electron chi connectivity index (χ0n) is 16.4. The molecule has 0 radical (unpaired) electrons. The number of thioether (sulfide) groups is 1. The molecule has 0 aromatic heterocycles. The Labute approximate surface area is 157 Å². The third-order valence-electron chi connectivity index (χ3n) is 5.27. The van der Waals surface area contributed by atoms with Gasteiger partial charge in [0, 0.05) is 18.2 Å². The van der Waals surface area contributed by atoms with Crippen molar-refractivity contribution >= 4 is 26.0 Å². The SMILES string of the molecule is CC(=O)OC1(C)C[C@@]1(/C=C\Sc1ccccc1)O[Si](C)(C)C(C)(C)C. The van der Waals surface area contributed by atoms with Crippen LogP contribution >= 0.6 is 11.8 Å². The fourth-order valence-electron chi connectivity index (χ4n) is 2.64. The zero-order valence-corrected chi connectivity index (χ0v) is 18.2. The van der Waals surface area contributed by atoms with E-state index in [2.05, 4.69) is 57.5 Å². The summed E-state index contributed by atoms with van der Waals surface area (Å²) in [5, 5.41) is 2.16. The Morgan fingerprint density at radius 2 is 1.84 bits per heavy atom. The Balaban J connectivity index is 2.21. The number of ether oxygens (including phenoxy) is 1. The topological polar surface area (TPSA) is 35.5 Å². The van der Waals surface area contributed by atoms with Crippen molar-refractivity contribution in [1.29, 1.82) is 0 Å². The molecule has 0 amide bonds. The van der Waals surface area contributed by atoms with Gasteiger partial charge in [-0.2, -0.15) is 0 Å². The molecule has 1 unspecified atom stereocenters. The van der Waals surface area contributed by atoms with Gasteiger partial charge in [-0.15, -0.1) is 0 Å². The molecule has 3 nitrogen and oxygen atoms in total. The number of carbonyl (C=O) groups excluding carboxylic acids is 1. The molecule has 138 valence electrons. The van der Waals surface area contributed by atoms with Crippen molar-refractivity contribution in [2.24, 2.45) is 0 Å². The van der Waals surface area contributed by atoms with Crippen LogP contribution < -0.4 is 0 Å². The Hall–Kier alpha value is -1.04. The normalized spacial score (nSPS) is 26.7. The highest BCUT2D eigenvalue weighted by molar-refractivity contribution is 8.02. The molecule has 2 atom stereocenters. The van der Waals surface area contributed by atoms with Gasteiger partial charge in [0.05, 0.1) is 0 Å². The summed E-state index contributed by atoms with van der Waals surface area (Å²) >= 11 is 1.65. The van der Waals surface area contributed by atoms with E-state index in [1.807, 2.05) is 25.1 Å². The van der Waals surface area contributed by atoms with Crippen LogP contribution in [-0.2, 0) is 14.0 Å². The molecule has 0 aliphatic heterocycles. The van der Waals surface area contributed by atoms with Gasteiger partial charge < -0.3 is 9.16 Å². The minimum atomic E-state index is -2.00. The van der Waals surface area contributed by atoms with Crippen LogP contribution in [0.2, 0.25) is 18.1 Å². The lowest BCUT2D eigenvalue weighted by atomic mass is 10.2. The van der Waals surface area contributed by atoms with E-state index in [9.17, 15) is 4.79 Å². The standard InChI is InChI=1S/C20H30O3SSi/c1-16(21)22-19(5)15-20(19,23-25(6,7)18(2,3)4)13-14-24-17-11-9-8-10-12-17/h8-14H,15H2,1-7H3/b14-13-/t19?,20-/m1/s1. The highest BCUT2D eigenvalue weighted by Gasteiger charge is 2.69. The molecule has 25 heavy (non-hydrogen) atoms. The quantitative estimate of drug-likeness (QED) is 0.357. The van der Waals surface area contributed by atoms with Gasteiger partial charge in [0.2, 0.25) is 0 Å². The van der Waals surface area contributed by atoms with E-state index in [4.69, 9.17) is 9.16 Å². The van der Waals surface area contributed by atoms with Crippen molar-refractivity contribution < 1.29 is 14.0 Å². The molecule has 1 aromatic rings. The lowest BCUT2D eigenvalue weighted by Gasteiger charge is -2.40. The van der Waals surface area contributed by atoms with E-state index in [-0.39, 0.29) is 11.0 Å². The molecule has 1 saturated carbocycles. The molecule has 1 aliphatic rings. The van der Waals surface area contributed by atoms with Gasteiger partial charge in [0.25, 0.3) is 0 Å². The van der Waals surface area contributed by atoms with E-state index in [1.54, 1.807) is 11.8 Å². The van der Waals surface area contributed by atoms with Gasteiger partial charge in [-0.25, -0.2) is 0 Å². The molecule has 0 spiro atoms. The minimum absolute atomic E-state index is 0.0974. The van der Waals surface area contributed by atoms with Crippen LogP contribution in [0.3, 0.4) is 0 Å². The van der Waals surface area contributed by atoms with Gasteiger partial charge in [-0.05, 0) is 48.7 Å². The van der Waals surface area contributed by atoms with Crippen molar-refractivity contribution in [1.82, 2.24) is 0 Å². The van der Waals surface area contributed by atoms with Gasteiger partial charge >= 0.3 is 5.97 Å². The molecular weight excluding hydrogens is 348 g/mol. The average Bonchev–Trinajstić information content (AvgIpc) is 2.99. The van der Waals surface area contributed by atoms with Crippen LogP contribution in [0, 0.1) is 0 Å². The first-order chi connectivity index (χ1) is 11.4. The monoisotopic (exact) mass is 378 g/mol. The van der Waals surface area contributed by atoms with Gasteiger partial charge in [0.15, 0.2) is 8.32 Å². The molecule has 1 fully saturated rings. The van der Waals surface area contributed by atoms with Crippen LogP contribution in [0.5, 0.6) is 0 Å². The molecular formula is C20H30O3SSi. The Morgan fingerprint density at radius 3 is 2.36 bits per heavy atom. The Bertz CT molecular complexity index is 651. The van der Waals surface area contributed by atoms with E-state index in [0.29, 0.717) is 6.42 Å². The van der Waals surface area contributed by atoms with E-state index < -0.39 is 19.5 Å². The number of hydrogen-bond acceptors (Lipinski definition) is 4. The lowest BCUT2D eigenvalue weighted by molar-refractivity contribution is -0.150. The van der Waals surface area contributed by atoms with Crippen LogP contribution in [0.15, 0.2) is 46.7 Å². The van der Waals surface area contributed by atoms with Gasteiger partial charge in [0.1, 0.15) is 11.2 Å². The lowest BCUT2D eigenvalue weighted by Crippen LogP contribution is -2.47. The summed E-state index contributed by atoms with van der Waals surface area (Å²) in [6.45, 7) is 14.6. The summed E-state index contributed by atoms with van der Waals surface area (Å²) in [6, 6.07) is 10.2. The number of carbonyl (C=O) groups is 1. The molecule has 0 bridgehead atoms. The Morgan fingerprint density at radius 1 is 1.24 bits per heavy atom. The summed E-state index contributed by atoms with van der Waals surface area (Å²) in [4.78, 5) is 12.7. The second kappa shape index (κ2) is 6.93. The molecule has 0 heterocycles. The molecule has 1 aromatic carbocycles. The van der Waals surface area contributed by atoms with Crippen molar-refractivity contribution in [3.63, 3.8) is 0 Å². The van der Waals surface area contributed by atoms with E-state index >= 15 is 0 Å². The number of rotatable bonds is 6. The predicted octanol–water partition coefficient (Wildman–Crippen LogP) is 5.78. The minimum Gasteiger partial charge on any atom is -0.456 e. The fourth-order valence-corrected chi connectivity index (χ4v) is 4.97. The van der Waals surface area contributed by atoms with Crippen molar-refractivity contribution in [3.8, 4) is 0 Å². The highest BCUT2D eigenvalue weighted by Crippen LogP contribution is 2.58. The number of hydrogen-bond donors (Lipinski definition) is 0. The summed E-state index contributed by atoms with van der Waals surface area (Å²) in [7, 11) is -2.00. The molecule has 0 saturated heterocycles.